The first-order chi connectivity index (χ1) is 9.26. The molecule has 2 heteroatoms. The highest BCUT2D eigenvalue weighted by Crippen LogP contribution is 2.08. The van der Waals surface area contributed by atoms with E-state index >= 15 is 0 Å². The van der Waals surface area contributed by atoms with E-state index in [0.29, 0.717) is 6.42 Å². The highest BCUT2D eigenvalue weighted by Gasteiger charge is 2.09. The molecule has 1 aromatic carbocycles. The van der Waals surface area contributed by atoms with E-state index in [4.69, 9.17) is 4.74 Å². The monoisotopic (exact) mass is 258 g/mol. The SMILES string of the molecule is CC#CC(CC)OC(=O)CCCCc1ccccc1. The number of esters is 1. The number of rotatable bonds is 7. The van der Waals surface area contributed by atoms with Gasteiger partial charge in [-0.25, -0.2) is 0 Å². The van der Waals surface area contributed by atoms with Gasteiger partial charge in [0.1, 0.15) is 0 Å². The second-order valence-electron chi connectivity index (χ2n) is 4.47. The summed E-state index contributed by atoms with van der Waals surface area (Å²) in [5.74, 6) is 5.54. The molecule has 0 aliphatic rings. The predicted molar refractivity (Wildman–Crippen MR) is 77.6 cm³/mol. The Bertz CT molecular complexity index is 426. The standard InChI is InChI=1S/C17H22O2/c1-3-10-16(4-2)19-17(18)14-9-8-13-15-11-6-5-7-12-15/h5-7,11-12,16H,4,8-9,13-14H2,1-2H3. The summed E-state index contributed by atoms with van der Waals surface area (Å²) < 4.78 is 5.28. The summed E-state index contributed by atoms with van der Waals surface area (Å²) in [5.41, 5.74) is 1.32. The molecule has 1 rings (SSSR count). The Hall–Kier alpha value is -1.75. The van der Waals surface area contributed by atoms with E-state index in [1.165, 1.54) is 5.56 Å². The Kier molecular flexibility index (Phi) is 7.43. The lowest BCUT2D eigenvalue weighted by Crippen LogP contribution is -2.15. The van der Waals surface area contributed by atoms with Crippen LogP contribution in [-0.2, 0) is 16.0 Å². The zero-order valence-electron chi connectivity index (χ0n) is 11.8. The first-order valence-electron chi connectivity index (χ1n) is 6.92. The van der Waals surface area contributed by atoms with E-state index in [-0.39, 0.29) is 12.1 Å². The maximum Gasteiger partial charge on any atom is 0.307 e. The largest absolute Gasteiger partial charge is 0.449 e. The normalized spacial score (nSPS) is 11.3. The molecule has 0 aliphatic carbocycles. The molecular weight excluding hydrogens is 236 g/mol. The maximum absolute atomic E-state index is 11.6. The molecule has 0 spiro atoms. The lowest BCUT2D eigenvalue weighted by Gasteiger charge is -2.10. The fourth-order valence-electron chi connectivity index (χ4n) is 1.84. The zero-order valence-corrected chi connectivity index (χ0v) is 11.8. The highest BCUT2D eigenvalue weighted by molar-refractivity contribution is 5.69. The average molecular weight is 258 g/mol. The van der Waals surface area contributed by atoms with Crippen molar-refractivity contribution in [3.05, 3.63) is 35.9 Å². The summed E-state index contributed by atoms with van der Waals surface area (Å²) in [6, 6.07) is 10.3. The van der Waals surface area contributed by atoms with E-state index in [0.717, 1.165) is 25.7 Å². The first-order valence-corrected chi connectivity index (χ1v) is 6.92. The number of benzene rings is 1. The van der Waals surface area contributed by atoms with E-state index < -0.39 is 0 Å². The molecule has 0 N–H and O–H groups in total. The molecule has 2 nitrogen and oxygen atoms in total. The maximum atomic E-state index is 11.6. The minimum absolute atomic E-state index is 0.136. The van der Waals surface area contributed by atoms with Crippen LogP contribution < -0.4 is 0 Å². The second-order valence-corrected chi connectivity index (χ2v) is 4.47. The van der Waals surface area contributed by atoms with Crippen LogP contribution in [-0.4, -0.2) is 12.1 Å². The molecule has 0 radical (unpaired) electrons. The van der Waals surface area contributed by atoms with Gasteiger partial charge in [-0.3, -0.25) is 4.79 Å². The summed E-state index contributed by atoms with van der Waals surface area (Å²) in [5, 5.41) is 0. The van der Waals surface area contributed by atoms with E-state index in [1.807, 2.05) is 25.1 Å². The van der Waals surface area contributed by atoms with Gasteiger partial charge in [-0.05, 0) is 38.2 Å². The topological polar surface area (TPSA) is 26.3 Å². The van der Waals surface area contributed by atoms with Crippen molar-refractivity contribution in [2.24, 2.45) is 0 Å². The van der Waals surface area contributed by atoms with Crippen molar-refractivity contribution in [2.75, 3.05) is 0 Å². The van der Waals surface area contributed by atoms with Gasteiger partial charge in [0.25, 0.3) is 0 Å². The summed E-state index contributed by atoms with van der Waals surface area (Å²) in [6.45, 7) is 3.73. The number of ether oxygens (including phenoxy) is 1. The fraction of sp³-hybridized carbons (Fsp3) is 0.471. The summed E-state index contributed by atoms with van der Waals surface area (Å²) in [7, 11) is 0. The fourth-order valence-corrected chi connectivity index (χ4v) is 1.84. The molecule has 0 aromatic heterocycles. The van der Waals surface area contributed by atoms with Crippen LogP contribution in [0.1, 0.15) is 45.1 Å². The summed E-state index contributed by atoms with van der Waals surface area (Å²) >= 11 is 0. The van der Waals surface area contributed by atoms with Crippen molar-refractivity contribution in [1.82, 2.24) is 0 Å². The number of carbonyl (C=O) groups is 1. The van der Waals surface area contributed by atoms with Crippen molar-refractivity contribution in [3.63, 3.8) is 0 Å². The van der Waals surface area contributed by atoms with Crippen molar-refractivity contribution in [1.29, 1.82) is 0 Å². The van der Waals surface area contributed by atoms with Gasteiger partial charge in [0.2, 0.25) is 0 Å². The number of hydrogen-bond donors (Lipinski definition) is 0. The molecule has 19 heavy (non-hydrogen) atoms. The number of aryl methyl sites for hydroxylation is 1. The van der Waals surface area contributed by atoms with Crippen LogP contribution in [0, 0.1) is 11.8 Å². The minimum atomic E-state index is -0.244. The Balaban J connectivity index is 2.18. The van der Waals surface area contributed by atoms with Gasteiger partial charge < -0.3 is 4.74 Å². The van der Waals surface area contributed by atoms with Gasteiger partial charge in [-0.15, -0.1) is 5.92 Å². The van der Waals surface area contributed by atoms with Crippen LogP contribution in [0.3, 0.4) is 0 Å². The number of unbranched alkanes of at least 4 members (excludes halogenated alkanes) is 1. The summed E-state index contributed by atoms with van der Waals surface area (Å²) in [4.78, 5) is 11.6. The lowest BCUT2D eigenvalue weighted by molar-refractivity contribution is -0.146. The Morgan fingerprint density at radius 3 is 2.63 bits per heavy atom. The van der Waals surface area contributed by atoms with Crippen LogP contribution in [0.2, 0.25) is 0 Å². The molecule has 0 bridgehead atoms. The van der Waals surface area contributed by atoms with Crippen molar-refractivity contribution < 1.29 is 9.53 Å². The molecular formula is C17H22O2. The molecule has 0 saturated heterocycles. The lowest BCUT2D eigenvalue weighted by atomic mass is 10.1. The quantitative estimate of drug-likeness (QED) is 0.423. The molecule has 1 unspecified atom stereocenters. The van der Waals surface area contributed by atoms with Gasteiger partial charge in [0.05, 0.1) is 0 Å². The van der Waals surface area contributed by atoms with Gasteiger partial charge in [0, 0.05) is 6.42 Å². The minimum Gasteiger partial charge on any atom is -0.449 e. The van der Waals surface area contributed by atoms with Gasteiger partial charge in [-0.2, -0.15) is 0 Å². The zero-order chi connectivity index (χ0) is 13.9. The number of hydrogen-bond acceptors (Lipinski definition) is 2. The third-order valence-corrected chi connectivity index (χ3v) is 2.89. The van der Waals surface area contributed by atoms with Crippen LogP contribution in [0.5, 0.6) is 0 Å². The summed E-state index contributed by atoms with van der Waals surface area (Å²) in [6.07, 6.45) is 3.87. The third-order valence-electron chi connectivity index (χ3n) is 2.89. The molecule has 0 heterocycles. The third kappa shape index (κ3) is 6.67. The van der Waals surface area contributed by atoms with Gasteiger partial charge >= 0.3 is 5.97 Å². The van der Waals surface area contributed by atoms with Gasteiger partial charge in [-0.1, -0.05) is 43.2 Å². The van der Waals surface area contributed by atoms with Crippen LogP contribution in [0.25, 0.3) is 0 Å². The molecule has 102 valence electrons. The average Bonchev–Trinajstić information content (AvgIpc) is 2.44. The molecule has 0 aliphatic heterocycles. The van der Waals surface area contributed by atoms with E-state index in [2.05, 4.69) is 24.0 Å². The molecule has 0 saturated carbocycles. The van der Waals surface area contributed by atoms with Crippen molar-refractivity contribution >= 4 is 5.97 Å². The highest BCUT2D eigenvalue weighted by atomic mass is 16.5. The first kappa shape index (κ1) is 15.3. The predicted octanol–water partition coefficient (Wildman–Crippen LogP) is 3.74. The van der Waals surface area contributed by atoms with Crippen LogP contribution >= 0.6 is 0 Å². The molecule has 1 aromatic rings. The Morgan fingerprint density at radius 2 is 2.00 bits per heavy atom. The van der Waals surface area contributed by atoms with Crippen LogP contribution in [0.15, 0.2) is 30.3 Å². The van der Waals surface area contributed by atoms with Gasteiger partial charge in [0.15, 0.2) is 6.10 Å². The van der Waals surface area contributed by atoms with Crippen molar-refractivity contribution in [2.45, 2.75) is 52.1 Å². The Morgan fingerprint density at radius 1 is 1.26 bits per heavy atom. The molecule has 0 amide bonds. The van der Waals surface area contributed by atoms with E-state index in [1.54, 1.807) is 6.92 Å². The van der Waals surface area contributed by atoms with E-state index in [9.17, 15) is 4.79 Å². The Labute approximate surface area is 116 Å². The smallest absolute Gasteiger partial charge is 0.307 e. The second kappa shape index (κ2) is 9.22. The number of carbonyl (C=O) groups excluding carboxylic acids is 1. The molecule has 1 atom stereocenters. The molecule has 0 fully saturated rings. The van der Waals surface area contributed by atoms with Crippen LogP contribution in [0.4, 0.5) is 0 Å². The van der Waals surface area contributed by atoms with Crippen molar-refractivity contribution in [3.8, 4) is 11.8 Å².